The van der Waals surface area contributed by atoms with Gasteiger partial charge in [-0.1, -0.05) is 6.07 Å². The Bertz CT molecular complexity index is 696. The van der Waals surface area contributed by atoms with E-state index in [4.69, 9.17) is 9.47 Å². The molecule has 0 aliphatic carbocycles. The van der Waals surface area contributed by atoms with Crippen LogP contribution >= 0.6 is 24.0 Å². The summed E-state index contributed by atoms with van der Waals surface area (Å²) in [6, 6.07) is 5.98. The predicted octanol–water partition coefficient (Wildman–Crippen LogP) is 2.63. The molecule has 7 nitrogen and oxygen atoms in total. The van der Waals surface area contributed by atoms with Crippen molar-refractivity contribution in [1.29, 1.82) is 0 Å². The first-order valence-corrected chi connectivity index (χ1v) is 11.5. The number of nitrogens with zero attached hydrogens (tertiary/aromatic N) is 1. The van der Waals surface area contributed by atoms with Gasteiger partial charge in [0.05, 0.1) is 19.0 Å². The molecular weight excluding hydrogens is 493 g/mol. The van der Waals surface area contributed by atoms with Gasteiger partial charge in [-0.25, -0.2) is 8.42 Å². The van der Waals surface area contributed by atoms with Crippen molar-refractivity contribution < 1.29 is 17.9 Å². The molecule has 0 saturated carbocycles. The van der Waals surface area contributed by atoms with E-state index in [1.165, 1.54) is 6.26 Å². The molecule has 0 bridgehead atoms. The molecule has 1 aromatic carbocycles. The summed E-state index contributed by atoms with van der Waals surface area (Å²) >= 11 is 0. The van der Waals surface area contributed by atoms with E-state index in [9.17, 15) is 8.42 Å². The van der Waals surface area contributed by atoms with E-state index in [1.807, 2.05) is 39.0 Å². The fourth-order valence-corrected chi connectivity index (χ4v) is 3.09. The maximum Gasteiger partial charge on any atom is 0.191 e. The number of hydrogen-bond acceptors (Lipinski definition) is 5. The Kier molecular flexibility index (Phi) is 14.1. The zero-order chi connectivity index (χ0) is 20.1. The van der Waals surface area contributed by atoms with Crippen molar-refractivity contribution >= 4 is 39.8 Å². The molecule has 0 heterocycles. The van der Waals surface area contributed by atoms with Gasteiger partial charge in [0, 0.05) is 25.9 Å². The second-order valence-corrected chi connectivity index (χ2v) is 8.33. The maximum atomic E-state index is 11.2. The molecular formula is C19H34IN3O4S. The zero-order valence-corrected chi connectivity index (χ0v) is 20.4. The summed E-state index contributed by atoms with van der Waals surface area (Å²) in [5, 5.41) is 6.44. The van der Waals surface area contributed by atoms with E-state index in [0.29, 0.717) is 38.7 Å². The van der Waals surface area contributed by atoms with Crippen LogP contribution in [0, 0.1) is 0 Å². The van der Waals surface area contributed by atoms with Gasteiger partial charge in [0.25, 0.3) is 0 Å². The number of benzene rings is 1. The van der Waals surface area contributed by atoms with Gasteiger partial charge < -0.3 is 20.1 Å². The van der Waals surface area contributed by atoms with E-state index < -0.39 is 9.84 Å². The quantitative estimate of drug-likeness (QED) is 0.188. The number of guanidine groups is 1. The van der Waals surface area contributed by atoms with Gasteiger partial charge in [-0.3, -0.25) is 4.99 Å². The molecule has 0 spiro atoms. The second-order valence-electron chi connectivity index (χ2n) is 6.07. The highest BCUT2D eigenvalue weighted by Crippen LogP contribution is 2.28. The smallest absolute Gasteiger partial charge is 0.191 e. The number of nitrogens with one attached hydrogen (secondary N) is 2. The van der Waals surface area contributed by atoms with Crippen molar-refractivity contribution in [3.05, 3.63) is 23.8 Å². The van der Waals surface area contributed by atoms with E-state index in [1.54, 1.807) is 0 Å². The Morgan fingerprint density at radius 2 is 1.75 bits per heavy atom. The van der Waals surface area contributed by atoms with Crippen LogP contribution in [0.3, 0.4) is 0 Å². The van der Waals surface area contributed by atoms with Crippen LogP contribution in [-0.2, 0) is 16.3 Å². The lowest BCUT2D eigenvalue weighted by molar-refractivity contribution is 0.287. The molecule has 1 rings (SSSR count). The lowest BCUT2D eigenvalue weighted by Gasteiger charge is -2.14. The van der Waals surface area contributed by atoms with Crippen LogP contribution in [0.5, 0.6) is 11.5 Å². The van der Waals surface area contributed by atoms with Crippen LogP contribution in [0.1, 0.15) is 32.8 Å². The lowest BCUT2D eigenvalue weighted by atomic mass is 10.1. The van der Waals surface area contributed by atoms with Crippen molar-refractivity contribution in [3.63, 3.8) is 0 Å². The average Bonchev–Trinajstić information content (AvgIpc) is 2.60. The zero-order valence-electron chi connectivity index (χ0n) is 17.3. The summed E-state index contributed by atoms with van der Waals surface area (Å²) in [7, 11) is -2.94. The van der Waals surface area contributed by atoms with Crippen molar-refractivity contribution in [2.24, 2.45) is 4.99 Å². The summed E-state index contributed by atoms with van der Waals surface area (Å²) in [6.07, 6.45) is 2.57. The van der Waals surface area contributed by atoms with Crippen LogP contribution in [-0.4, -0.2) is 59.2 Å². The Morgan fingerprint density at radius 3 is 2.36 bits per heavy atom. The van der Waals surface area contributed by atoms with Crippen LogP contribution in [0.15, 0.2) is 23.2 Å². The Hall–Kier alpha value is -1.23. The second kappa shape index (κ2) is 14.7. The third-order valence-corrected chi connectivity index (χ3v) is 4.63. The summed E-state index contributed by atoms with van der Waals surface area (Å²) < 4.78 is 33.6. The molecule has 0 atom stereocenters. The van der Waals surface area contributed by atoms with Gasteiger partial charge in [-0.15, -0.1) is 24.0 Å². The first-order chi connectivity index (χ1) is 12.9. The molecule has 0 aliphatic rings. The lowest BCUT2D eigenvalue weighted by Crippen LogP contribution is -2.38. The Balaban J connectivity index is 0.00000729. The van der Waals surface area contributed by atoms with Crippen molar-refractivity contribution in [2.45, 2.75) is 33.6 Å². The summed E-state index contributed by atoms with van der Waals surface area (Å²) in [6.45, 7) is 9.01. The normalized spacial score (nSPS) is 11.5. The number of hydrogen-bond donors (Lipinski definition) is 2. The van der Waals surface area contributed by atoms with E-state index >= 15 is 0 Å². The number of rotatable bonds is 12. The van der Waals surface area contributed by atoms with Crippen LogP contribution in [0.4, 0.5) is 0 Å². The summed E-state index contributed by atoms with van der Waals surface area (Å²) in [5.74, 6) is 2.37. The fraction of sp³-hybridized carbons (Fsp3) is 0.632. The van der Waals surface area contributed by atoms with Gasteiger partial charge in [-0.2, -0.15) is 0 Å². The number of halogens is 1. The largest absolute Gasteiger partial charge is 0.490 e. The van der Waals surface area contributed by atoms with Crippen molar-refractivity contribution in [2.75, 3.05) is 44.9 Å². The minimum Gasteiger partial charge on any atom is -0.490 e. The minimum atomic E-state index is -2.94. The third kappa shape index (κ3) is 11.6. The van der Waals surface area contributed by atoms with E-state index in [0.717, 1.165) is 30.0 Å². The van der Waals surface area contributed by atoms with Crippen LogP contribution in [0.2, 0.25) is 0 Å². The Morgan fingerprint density at radius 1 is 1.07 bits per heavy atom. The number of ether oxygens (including phenoxy) is 2. The standard InChI is InChI=1S/C19H33N3O4S.HI/c1-5-20-19(21-12-8-14-27(4,23)24)22-13-11-16-9-10-17(25-6-2)18(15-16)26-7-3;/h9-10,15H,5-8,11-14H2,1-4H3,(H2,20,21,22);1H. The molecule has 9 heteroatoms. The van der Waals surface area contributed by atoms with Crippen LogP contribution < -0.4 is 20.1 Å². The number of sulfone groups is 1. The Labute approximate surface area is 186 Å². The highest BCUT2D eigenvalue weighted by atomic mass is 127. The van der Waals surface area contributed by atoms with Crippen molar-refractivity contribution in [1.82, 2.24) is 10.6 Å². The minimum absolute atomic E-state index is 0. The molecule has 2 N–H and O–H groups in total. The van der Waals surface area contributed by atoms with Gasteiger partial charge in [0.15, 0.2) is 17.5 Å². The molecule has 1 aromatic rings. The topological polar surface area (TPSA) is 89.0 Å². The van der Waals surface area contributed by atoms with Crippen molar-refractivity contribution in [3.8, 4) is 11.5 Å². The van der Waals surface area contributed by atoms with E-state index in [2.05, 4.69) is 15.6 Å². The average molecular weight is 527 g/mol. The SMILES string of the molecule is CCNC(=NCCCS(C)(=O)=O)NCCc1ccc(OCC)c(OCC)c1.I. The van der Waals surface area contributed by atoms with Gasteiger partial charge in [0.2, 0.25) is 0 Å². The molecule has 162 valence electrons. The maximum absolute atomic E-state index is 11.2. The van der Waals surface area contributed by atoms with E-state index in [-0.39, 0.29) is 29.7 Å². The highest BCUT2D eigenvalue weighted by molar-refractivity contribution is 14.0. The molecule has 0 amide bonds. The predicted molar refractivity (Wildman–Crippen MR) is 126 cm³/mol. The number of aliphatic imine (C=N–C) groups is 1. The molecule has 0 unspecified atom stereocenters. The molecule has 0 aliphatic heterocycles. The first-order valence-electron chi connectivity index (χ1n) is 9.48. The highest BCUT2D eigenvalue weighted by Gasteiger charge is 2.07. The van der Waals surface area contributed by atoms with Gasteiger partial charge >= 0.3 is 0 Å². The summed E-state index contributed by atoms with van der Waals surface area (Å²) in [4.78, 5) is 4.42. The molecule has 0 radical (unpaired) electrons. The monoisotopic (exact) mass is 527 g/mol. The fourth-order valence-electron chi connectivity index (χ4n) is 2.44. The van der Waals surface area contributed by atoms with Gasteiger partial charge in [0.1, 0.15) is 9.84 Å². The first kappa shape index (κ1) is 26.8. The molecule has 0 fully saturated rings. The molecule has 0 saturated heterocycles. The van der Waals surface area contributed by atoms with Gasteiger partial charge in [-0.05, 0) is 51.3 Å². The van der Waals surface area contributed by atoms with Crippen LogP contribution in [0.25, 0.3) is 0 Å². The molecule has 0 aromatic heterocycles. The summed E-state index contributed by atoms with van der Waals surface area (Å²) in [5.41, 5.74) is 1.14. The third-order valence-electron chi connectivity index (χ3n) is 3.60. The molecule has 28 heavy (non-hydrogen) atoms.